The predicted octanol–water partition coefficient (Wildman–Crippen LogP) is 6.75. The maximum absolute atomic E-state index is 13.2. The van der Waals surface area contributed by atoms with E-state index < -0.39 is 0 Å². The number of benzene rings is 3. The van der Waals surface area contributed by atoms with Gasteiger partial charge in [0.2, 0.25) is 0 Å². The Morgan fingerprint density at radius 3 is 2.00 bits per heavy atom. The third kappa shape index (κ3) is 2.62. The van der Waals surface area contributed by atoms with E-state index in [2.05, 4.69) is 18.2 Å². The van der Waals surface area contributed by atoms with Crippen molar-refractivity contribution in [3.8, 4) is 22.3 Å². The first kappa shape index (κ1) is 17.3. The molecule has 3 heteroatoms. The van der Waals surface area contributed by atoms with Crippen LogP contribution in [-0.4, -0.2) is 0 Å². The molecule has 3 nitrogen and oxygen atoms in total. The summed E-state index contributed by atoms with van der Waals surface area (Å²) in [7, 11) is 0. The van der Waals surface area contributed by atoms with Gasteiger partial charge in [-0.05, 0) is 36.5 Å². The van der Waals surface area contributed by atoms with Crippen LogP contribution in [0.3, 0.4) is 0 Å². The summed E-state index contributed by atoms with van der Waals surface area (Å²) in [6.07, 6.45) is 4.36. The molecule has 0 saturated carbocycles. The Hall–Kier alpha value is -3.59. The van der Waals surface area contributed by atoms with Crippen LogP contribution in [0.1, 0.15) is 24.2 Å². The van der Waals surface area contributed by atoms with Crippen molar-refractivity contribution in [3.63, 3.8) is 0 Å². The highest BCUT2D eigenvalue weighted by atomic mass is 16.4. The van der Waals surface area contributed by atoms with Crippen LogP contribution in [0.4, 0.5) is 0 Å². The van der Waals surface area contributed by atoms with E-state index in [4.69, 9.17) is 8.83 Å². The fourth-order valence-corrected chi connectivity index (χ4v) is 4.73. The molecule has 0 atom stereocenters. The maximum Gasteiger partial charge on any atom is 0.344 e. The first-order chi connectivity index (χ1) is 14.8. The molecule has 1 aliphatic rings. The Labute approximate surface area is 173 Å². The summed E-state index contributed by atoms with van der Waals surface area (Å²) in [5.74, 6) is 1.08. The number of furan rings is 1. The van der Waals surface area contributed by atoms with Gasteiger partial charge in [-0.2, -0.15) is 0 Å². The standard InChI is InChI=1S/C27H20O3/c28-27-26(18-11-5-2-6-12-18)25(17-9-3-1-4-10-17)21-15-20-19-13-7-8-14-22(19)29-23(20)16-24(21)30-27/h1-6,9-12,15-16H,7-8,13-14H2. The van der Waals surface area contributed by atoms with Gasteiger partial charge in [0.1, 0.15) is 16.9 Å². The van der Waals surface area contributed by atoms with E-state index in [1.165, 1.54) is 12.0 Å². The second-order valence-corrected chi connectivity index (χ2v) is 7.93. The van der Waals surface area contributed by atoms with E-state index in [-0.39, 0.29) is 5.63 Å². The van der Waals surface area contributed by atoms with E-state index in [9.17, 15) is 4.79 Å². The fourth-order valence-electron chi connectivity index (χ4n) is 4.73. The Bertz CT molecular complexity index is 1440. The molecule has 0 aliphatic heterocycles. The molecule has 0 unspecified atom stereocenters. The molecule has 3 aromatic carbocycles. The van der Waals surface area contributed by atoms with Crippen molar-refractivity contribution in [1.29, 1.82) is 0 Å². The number of aryl methyl sites for hydroxylation is 2. The van der Waals surface area contributed by atoms with E-state index in [0.29, 0.717) is 11.1 Å². The largest absolute Gasteiger partial charge is 0.461 e. The van der Waals surface area contributed by atoms with Gasteiger partial charge in [-0.15, -0.1) is 0 Å². The molecule has 2 aromatic heterocycles. The average Bonchev–Trinajstić information content (AvgIpc) is 3.15. The van der Waals surface area contributed by atoms with Gasteiger partial charge in [-0.3, -0.25) is 0 Å². The Morgan fingerprint density at radius 1 is 0.633 bits per heavy atom. The lowest BCUT2D eigenvalue weighted by Gasteiger charge is -2.13. The third-order valence-corrected chi connectivity index (χ3v) is 6.11. The average molecular weight is 392 g/mol. The van der Waals surface area contributed by atoms with Gasteiger partial charge in [0.15, 0.2) is 0 Å². The topological polar surface area (TPSA) is 43.4 Å². The molecule has 0 amide bonds. The molecule has 0 radical (unpaired) electrons. The fraction of sp³-hybridized carbons (Fsp3) is 0.148. The minimum absolute atomic E-state index is 0.330. The van der Waals surface area contributed by atoms with Crippen LogP contribution in [-0.2, 0) is 12.8 Å². The summed E-state index contributed by atoms with van der Waals surface area (Å²) in [6.45, 7) is 0. The first-order valence-electron chi connectivity index (χ1n) is 10.5. The van der Waals surface area contributed by atoms with Crippen molar-refractivity contribution in [2.24, 2.45) is 0 Å². The van der Waals surface area contributed by atoms with Crippen molar-refractivity contribution >= 4 is 21.9 Å². The molecule has 2 heterocycles. The van der Waals surface area contributed by atoms with Crippen molar-refractivity contribution in [2.45, 2.75) is 25.7 Å². The lowest BCUT2D eigenvalue weighted by molar-refractivity contribution is 0.505. The van der Waals surface area contributed by atoms with Gasteiger partial charge in [-0.25, -0.2) is 4.79 Å². The number of hydrogen-bond donors (Lipinski definition) is 0. The van der Waals surface area contributed by atoms with Crippen LogP contribution < -0.4 is 5.63 Å². The minimum Gasteiger partial charge on any atom is -0.461 e. The Morgan fingerprint density at radius 2 is 1.27 bits per heavy atom. The molecular weight excluding hydrogens is 372 g/mol. The second-order valence-electron chi connectivity index (χ2n) is 7.93. The highest BCUT2D eigenvalue weighted by Crippen LogP contribution is 2.40. The lowest BCUT2D eigenvalue weighted by atomic mass is 9.91. The highest BCUT2D eigenvalue weighted by Gasteiger charge is 2.22. The van der Waals surface area contributed by atoms with Crippen molar-refractivity contribution in [1.82, 2.24) is 0 Å². The Balaban J connectivity index is 1.77. The summed E-state index contributed by atoms with van der Waals surface area (Å²) in [5.41, 5.74) is 5.74. The smallest absolute Gasteiger partial charge is 0.344 e. The third-order valence-electron chi connectivity index (χ3n) is 6.11. The van der Waals surface area contributed by atoms with Crippen LogP contribution in [0, 0.1) is 0 Å². The number of rotatable bonds is 2. The maximum atomic E-state index is 13.2. The summed E-state index contributed by atoms with van der Waals surface area (Å²) in [4.78, 5) is 13.2. The molecule has 6 rings (SSSR count). The van der Waals surface area contributed by atoms with Gasteiger partial charge in [0, 0.05) is 34.4 Å². The molecule has 0 N–H and O–H groups in total. The van der Waals surface area contributed by atoms with Crippen LogP contribution in [0.5, 0.6) is 0 Å². The van der Waals surface area contributed by atoms with E-state index in [1.54, 1.807) is 0 Å². The van der Waals surface area contributed by atoms with Crippen LogP contribution in [0.2, 0.25) is 0 Å². The van der Waals surface area contributed by atoms with Crippen molar-refractivity contribution in [3.05, 3.63) is 94.5 Å². The molecule has 146 valence electrons. The number of fused-ring (bicyclic) bond motifs is 4. The zero-order valence-electron chi connectivity index (χ0n) is 16.5. The Kier molecular flexibility index (Phi) is 3.88. The van der Waals surface area contributed by atoms with Gasteiger partial charge in [0.25, 0.3) is 0 Å². The molecule has 0 saturated heterocycles. The zero-order chi connectivity index (χ0) is 20.1. The second kappa shape index (κ2) is 6.74. The molecule has 30 heavy (non-hydrogen) atoms. The number of hydrogen-bond acceptors (Lipinski definition) is 3. The zero-order valence-corrected chi connectivity index (χ0v) is 16.5. The molecule has 0 spiro atoms. The molecule has 5 aromatic rings. The van der Waals surface area contributed by atoms with Crippen molar-refractivity contribution in [2.75, 3.05) is 0 Å². The van der Waals surface area contributed by atoms with Crippen LogP contribution in [0.25, 0.3) is 44.2 Å². The van der Waals surface area contributed by atoms with Crippen LogP contribution >= 0.6 is 0 Å². The minimum atomic E-state index is -0.330. The molecule has 0 fully saturated rings. The summed E-state index contributed by atoms with van der Waals surface area (Å²) >= 11 is 0. The van der Waals surface area contributed by atoms with E-state index in [1.807, 2.05) is 54.6 Å². The quantitative estimate of drug-likeness (QED) is 0.312. The van der Waals surface area contributed by atoms with Gasteiger partial charge < -0.3 is 8.83 Å². The highest BCUT2D eigenvalue weighted by molar-refractivity contribution is 6.06. The van der Waals surface area contributed by atoms with E-state index >= 15 is 0 Å². The first-order valence-corrected chi connectivity index (χ1v) is 10.5. The monoisotopic (exact) mass is 392 g/mol. The molecular formula is C27H20O3. The predicted molar refractivity (Wildman–Crippen MR) is 120 cm³/mol. The summed E-state index contributed by atoms with van der Waals surface area (Å²) < 4.78 is 12.0. The van der Waals surface area contributed by atoms with Crippen LogP contribution in [0.15, 0.2) is 86.4 Å². The molecule has 1 aliphatic carbocycles. The van der Waals surface area contributed by atoms with Gasteiger partial charge >= 0.3 is 5.63 Å². The summed E-state index contributed by atoms with van der Waals surface area (Å²) in [5, 5.41) is 2.09. The van der Waals surface area contributed by atoms with Gasteiger partial charge in [-0.1, -0.05) is 60.7 Å². The summed E-state index contributed by atoms with van der Waals surface area (Å²) in [6, 6.07) is 23.9. The normalized spacial score (nSPS) is 13.6. The lowest BCUT2D eigenvalue weighted by Crippen LogP contribution is -2.06. The molecule has 0 bridgehead atoms. The van der Waals surface area contributed by atoms with E-state index in [0.717, 1.165) is 58.1 Å². The van der Waals surface area contributed by atoms with Crippen molar-refractivity contribution < 1.29 is 8.83 Å². The SMILES string of the molecule is O=c1oc2cc3oc4c(c3cc2c(-c2ccccc2)c1-c1ccccc1)CCCC4. The van der Waals surface area contributed by atoms with Gasteiger partial charge in [0.05, 0.1) is 5.56 Å².